The summed E-state index contributed by atoms with van der Waals surface area (Å²) in [4.78, 5) is 13.0. The first kappa shape index (κ1) is 22.3. The van der Waals surface area contributed by atoms with Crippen LogP contribution < -0.4 is 5.32 Å². The van der Waals surface area contributed by atoms with Crippen LogP contribution in [0.5, 0.6) is 0 Å². The molecule has 141 valence electrons. The Hall–Kier alpha value is -1.03. The number of nitrogens with zero attached hydrogens (tertiary/aromatic N) is 1. The summed E-state index contributed by atoms with van der Waals surface area (Å²) >= 11 is 0. The molecule has 3 nitrogen and oxygen atoms in total. The van der Waals surface area contributed by atoms with Crippen molar-refractivity contribution in [1.82, 2.24) is 0 Å². The summed E-state index contributed by atoms with van der Waals surface area (Å²) < 4.78 is 0.876. The number of quaternary nitrogens is 1. The van der Waals surface area contributed by atoms with Gasteiger partial charge in [-0.05, 0) is 50.7 Å². The molecule has 1 aliphatic heterocycles. The molecule has 1 radical (unpaired) electrons. The van der Waals surface area contributed by atoms with Gasteiger partial charge in [0.1, 0.15) is 6.54 Å². The van der Waals surface area contributed by atoms with Crippen LogP contribution in [0.25, 0.3) is 0 Å². The summed E-state index contributed by atoms with van der Waals surface area (Å²) in [6.45, 7) is 7.81. The van der Waals surface area contributed by atoms with Gasteiger partial charge in [0.2, 0.25) is 0 Å². The minimum absolute atomic E-state index is 0. The van der Waals surface area contributed by atoms with Gasteiger partial charge in [-0.2, -0.15) is 0 Å². The summed E-state index contributed by atoms with van der Waals surface area (Å²) in [5, 5.41) is 3.20. The van der Waals surface area contributed by atoms with Crippen LogP contribution in [-0.4, -0.2) is 30.0 Å². The second-order valence-electron chi connectivity index (χ2n) is 7.82. The third kappa shape index (κ3) is 6.24. The molecular formula is C23H31N2OY+. The molecule has 1 aliphatic rings. The Bertz CT molecular complexity index is 717. The van der Waals surface area contributed by atoms with Gasteiger partial charge in [0, 0.05) is 44.0 Å². The summed E-state index contributed by atoms with van der Waals surface area (Å²) in [6, 6.07) is 16.8. The Labute approximate surface area is 189 Å². The first-order chi connectivity index (χ1) is 12.6. The number of carbonyl (C=O) groups excluding carboxylic acids is 1. The van der Waals surface area contributed by atoms with Gasteiger partial charge < -0.3 is 9.80 Å². The van der Waals surface area contributed by atoms with Crippen molar-refractivity contribution >= 4 is 11.6 Å². The molecule has 1 amide bonds. The number of amides is 1. The Kier molecular flexibility index (Phi) is 8.66. The summed E-state index contributed by atoms with van der Waals surface area (Å²) in [5.74, 6) is 0.139. The Morgan fingerprint density at radius 3 is 2.07 bits per heavy atom. The van der Waals surface area contributed by atoms with Crippen LogP contribution in [-0.2, 0) is 44.0 Å². The van der Waals surface area contributed by atoms with Crippen molar-refractivity contribution < 1.29 is 42.0 Å². The molecule has 0 spiro atoms. The van der Waals surface area contributed by atoms with E-state index in [2.05, 4.69) is 61.6 Å². The van der Waals surface area contributed by atoms with Gasteiger partial charge in [0.15, 0.2) is 6.54 Å². The summed E-state index contributed by atoms with van der Waals surface area (Å²) in [5.41, 5.74) is 4.56. The smallest absolute Gasteiger partial charge is 0.279 e. The predicted octanol–water partition coefficient (Wildman–Crippen LogP) is 4.83. The van der Waals surface area contributed by atoms with E-state index in [1.807, 2.05) is 6.07 Å². The minimum atomic E-state index is 0. The van der Waals surface area contributed by atoms with Crippen LogP contribution in [0.2, 0.25) is 0 Å². The maximum absolute atomic E-state index is 13.0. The Balaban J connectivity index is 0.00000261. The molecule has 0 atom stereocenters. The van der Waals surface area contributed by atoms with E-state index in [0.717, 1.165) is 40.9 Å². The number of nitrogens with one attached hydrogen (secondary N) is 1. The van der Waals surface area contributed by atoms with Gasteiger partial charge in [-0.1, -0.05) is 48.5 Å². The summed E-state index contributed by atoms with van der Waals surface area (Å²) in [7, 11) is 0. The number of hydrogen-bond acceptors (Lipinski definition) is 1. The van der Waals surface area contributed by atoms with E-state index in [0.29, 0.717) is 6.54 Å². The van der Waals surface area contributed by atoms with Crippen molar-refractivity contribution in [3.05, 3.63) is 65.2 Å². The monoisotopic (exact) mass is 440 g/mol. The van der Waals surface area contributed by atoms with E-state index in [1.54, 1.807) is 0 Å². The van der Waals surface area contributed by atoms with E-state index in [9.17, 15) is 4.79 Å². The third-order valence-electron chi connectivity index (χ3n) is 5.60. The topological polar surface area (TPSA) is 29.1 Å². The zero-order chi connectivity index (χ0) is 18.4. The van der Waals surface area contributed by atoms with Gasteiger partial charge in [-0.25, -0.2) is 0 Å². The number of carbonyl (C=O) groups is 1. The maximum atomic E-state index is 13.0. The quantitative estimate of drug-likeness (QED) is 0.663. The van der Waals surface area contributed by atoms with Crippen molar-refractivity contribution in [2.75, 3.05) is 25.0 Å². The van der Waals surface area contributed by atoms with E-state index in [4.69, 9.17) is 0 Å². The van der Waals surface area contributed by atoms with Gasteiger partial charge in [0.05, 0.1) is 13.1 Å². The molecule has 0 bridgehead atoms. The number of anilines is 1. The van der Waals surface area contributed by atoms with E-state index < -0.39 is 0 Å². The van der Waals surface area contributed by atoms with Gasteiger partial charge in [0.25, 0.3) is 5.91 Å². The van der Waals surface area contributed by atoms with Crippen molar-refractivity contribution in [2.45, 2.75) is 46.1 Å². The van der Waals surface area contributed by atoms with Gasteiger partial charge >= 0.3 is 0 Å². The van der Waals surface area contributed by atoms with Gasteiger partial charge in [-0.3, -0.25) is 4.79 Å². The molecule has 2 aromatic carbocycles. The average Bonchev–Trinajstić information content (AvgIpc) is 2.85. The molecule has 3 rings (SSSR count). The Morgan fingerprint density at radius 1 is 0.889 bits per heavy atom. The van der Waals surface area contributed by atoms with Crippen LogP contribution in [0.4, 0.5) is 5.69 Å². The van der Waals surface area contributed by atoms with Crippen molar-refractivity contribution in [1.29, 1.82) is 0 Å². The zero-order valence-electron chi connectivity index (χ0n) is 16.7. The normalized spacial score (nSPS) is 16.1. The molecule has 0 saturated carbocycles. The molecule has 0 unspecified atom stereocenters. The number of aryl methyl sites for hydroxylation is 2. The number of likely N-dealkylation sites (tertiary alicyclic amines) is 1. The third-order valence-corrected chi connectivity index (χ3v) is 5.60. The minimum Gasteiger partial charge on any atom is -0.321 e. The largest absolute Gasteiger partial charge is 0.321 e. The second-order valence-corrected chi connectivity index (χ2v) is 7.82. The molecule has 1 fully saturated rings. The molecule has 2 aromatic rings. The van der Waals surface area contributed by atoms with Crippen molar-refractivity contribution in [3.63, 3.8) is 0 Å². The first-order valence-corrected chi connectivity index (χ1v) is 9.83. The second kappa shape index (κ2) is 10.5. The number of hydrogen-bond donors (Lipinski definition) is 1. The van der Waals surface area contributed by atoms with Gasteiger partial charge in [-0.15, -0.1) is 0 Å². The van der Waals surface area contributed by atoms with Crippen LogP contribution >= 0.6 is 0 Å². The first-order valence-electron chi connectivity index (χ1n) is 9.83. The summed E-state index contributed by atoms with van der Waals surface area (Å²) in [6.07, 6.45) is 4.99. The van der Waals surface area contributed by atoms with Crippen LogP contribution in [0.15, 0.2) is 48.5 Å². The molecular weight excluding hydrogens is 409 g/mol. The van der Waals surface area contributed by atoms with Crippen molar-refractivity contribution in [2.24, 2.45) is 0 Å². The van der Waals surface area contributed by atoms with Crippen LogP contribution in [0, 0.1) is 13.8 Å². The van der Waals surface area contributed by atoms with Crippen LogP contribution in [0.1, 0.15) is 42.4 Å². The molecule has 1 saturated heterocycles. The van der Waals surface area contributed by atoms with E-state index in [-0.39, 0.29) is 38.6 Å². The molecule has 1 N–H and O–H groups in total. The van der Waals surface area contributed by atoms with Crippen LogP contribution in [0.3, 0.4) is 0 Å². The van der Waals surface area contributed by atoms with E-state index in [1.165, 1.54) is 31.2 Å². The van der Waals surface area contributed by atoms with E-state index >= 15 is 0 Å². The standard InChI is InChI=1S/C23H30N2O.Y/c1-19-11-10-12-20(2)23(19)24-22(26)18-25(15-8-3-4-9-16-25)17-21-13-6-5-7-14-21;/h5-7,10-14H,3-4,8-9,15-18H2,1-2H3;/p+1. The number of benzene rings is 2. The number of para-hydroxylation sites is 1. The SMILES string of the molecule is Cc1cccc(C)c1NC(=O)C[N+]1(Cc2ccccc2)CCCCCC1.[Y]. The zero-order valence-corrected chi connectivity index (χ0v) is 19.5. The fourth-order valence-electron chi connectivity index (χ4n) is 4.20. The average molecular weight is 440 g/mol. The molecule has 1 heterocycles. The molecule has 4 heteroatoms. The van der Waals surface area contributed by atoms with Crippen molar-refractivity contribution in [3.8, 4) is 0 Å². The molecule has 0 aliphatic carbocycles. The molecule has 0 aromatic heterocycles. The maximum Gasteiger partial charge on any atom is 0.279 e. The number of rotatable bonds is 5. The fourth-order valence-corrected chi connectivity index (χ4v) is 4.20. The Morgan fingerprint density at radius 2 is 1.48 bits per heavy atom. The molecule has 27 heavy (non-hydrogen) atoms. The fraction of sp³-hybridized carbons (Fsp3) is 0.435. The predicted molar refractivity (Wildman–Crippen MR) is 108 cm³/mol.